The van der Waals surface area contributed by atoms with Crippen LogP contribution in [0.25, 0.3) is 10.4 Å². The second-order valence-corrected chi connectivity index (χ2v) is 4.68. The molecule has 0 bridgehead atoms. The van der Waals surface area contributed by atoms with E-state index in [0.717, 1.165) is 4.88 Å². The number of aryl methyl sites for hydroxylation is 2. The highest BCUT2D eigenvalue weighted by atomic mass is 32.1. The number of rotatable bonds is 1. The third-order valence-corrected chi connectivity index (χ3v) is 3.39. The summed E-state index contributed by atoms with van der Waals surface area (Å²) in [6, 6.07) is 12.5. The first kappa shape index (κ1) is 9.95. The molecule has 2 aromatic rings. The van der Waals surface area contributed by atoms with Gasteiger partial charge in [-0.15, -0.1) is 11.3 Å². The third-order valence-electron chi connectivity index (χ3n) is 2.36. The lowest BCUT2D eigenvalue weighted by molar-refractivity contribution is 1.39. The summed E-state index contributed by atoms with van der Waals surface area (Å²) >= 11 is 1.54. The molecule has 0 unspecified atom stereocenters. The van der Waals surface area contributed by atoms with E-state index in [2.05, 4.69) is 38.1 Å². The fraction of sp³-hybridized carbons (Fsp3) is 0.154. The van der Waals surface area contributed by atoms with Crippen LogP contribution in [-0.4, -0.2) is 0 Å². The van der Waals surface area contributed by atoms with Gasteiger partial charge in [0.05, 0.1) is 0 Å². The smallest absolute Gasteiger partial charge is 0.110 e. The molecule has 0 spiro atoms. The summed E-state index contributed by atoms with van der Waals surface area (Å²) < 4.78 is 0. The van der Waals surface area contributed by atoms with Crippen LogP contribution in [0.5, 0.6) is 0 Å². The van der Waals surface area contributed by atoms with Gasteiger partial charge in [-0.1, -0.05) is 23.8 Å². The third kappa shape index (κ3) is 1.93. The topological polar surface area (TPSA) is 23.8 Å². The molecule has 0 aliphatic heterocycles. The Hall–Kier alpha value is -1.59. The van der Waals surface area contributed by atoms with Crippen molar-refractivity contribution in [3.63, 3.8) is 0 Å². The molecule has 0 radical (unpaired) electrons. The average molecular weight is 213 g/mol. The zero-order valence-electron chi connectivity index (χ0n) is 8.74. The molecule has 1 nitrogen and oxygen atoms in total. The highest BCUT2D eigenvalue weighted by Crippen LogP contribution is 2.30. The molecule has 0 aliphatic carbocycles. The fourth-order valence-corrected chi connectivity index (χ4v) is 2.53. The van der Waals surface area contributed by atoms with Gasteiger partial charge in [-0.2, -0.15) is 5.26 Å². The SMILES string of the molecule is Cc1ccc(-c2ccc(C#N)s2)c(C)c1. The first-order valence-electron chi connectivity index (χ1n) is 4.78. The average Bonchev–Trinajstić information content (AvgIpc) is 2.66. The van der Waals surface area contributed by atoms with Gasteiger partial charge in [-0.25, -0.2) is 0 Å². The van der Waals surface area contributed by atoms with Crippen LogP contribution < -0.4 is 0 Å². The lowest BCUT2D eigenvalue weighted by Crippen LogP contribution is -1.81. The Labute approximate surface area is 93.6 Å². The Morgan fingerprint density at radius 1 is 1.13 bits per heavy atom. The van der Waals surface area contributed by atoms with Crippen LogP contribution in [0.1, 0.15) is 16.0 Å². The molecule has 0 saturated carbocycles. The van der Waals surface area contributed by atoms with Crippen molar-refractivity contribution in [2.24, 2.45) is 0 Å². The van der Waals surface area contributed by atoms with Gasteiger partial charge in [0.25, 0.3) is 0 Å². The Morgan fingerprint density at radius 3 is 2.53 bits per heavy atom. The summed E-state index contributed by atoms with van der Waals surface area (Å²) in [5.41, 5.74) is 3.77. The lowest BCUT2D eigenvalue weighted by atomic mass is 10.0. The highest BCUT2D eigenvalue weighted by molar-refractivity contribution is 7.16. The van der Waals surface area contributed by atoms with Crippen molar-refractivity contribution in [2.75, 3.05) is 0 Å². The Bertz CT molecular complexity index is 532. The first-order chi connectivity index (χ1) is 7.20. The number of nitriles is 1. The van der Waals surface area contributed by atoms with Crippen LogP contribution in [0.4, 0.5) is 0 Å². The van der Waals surface area contributed by atoms with E-state index in [-0.39, 0.29) is 0 Å². The highest BCUT2D eigenvalue weighted by Gasteiger charge is 2.05. The first-order valence-corrected chi connectivity index (χ1v) is 5.60. The lowest BCUT2D eigenvalue weighted by Gasteiger charge is -2.03. The van der Waals surface area contributed by atoms with Crippen LogP contribution in [0, 0.1) is 25.2 Å². The van der Waals surface area contributed by atoms with E-state index in [1.165, 1.54) is 21.6 Å². The zero-order chi connectivity index (χ0) is 10.8. The van der Waals surface area contributed by atoms with E-state index in [9.17, 15) is 0 Å². The van der Waals surface area contributed by atoms with Crippen molar-refractivity contribution in [2.45, 2.75) is 13.8 Å². The van der Waals surface area contributed by atoms with Gasteiger partial charge in [0.2, 0.25) is 0 Å². The second kappa shape index (κ2) is 3.88. The van der Waals surface area contributed by atoms with Crippen molar-refractivity contribution < 1.29 is 0 Å². The van der Waals surface area contributed by atoms with Crippen molar-refractivity contribution in [1.29, 1.82) is 5.26 Å². The predicted molar refractivity (Wildman–Crippen MR) is 63.9 cm³/mol. The van der Waals surface area contributed by atoms with Crippen molar-refractivity contribution >= 4 is 11.3 Å². The van der Waals surface area contributed by atoms with Gasteiger partial charge in [0, 0.05) is 4.88 Å². The number of hydrogen-bond acceptors (Lipinski definition) is 2. The van der Waals surface area contributed by atoms with E-state index in [4.69, 9.17) is 5.26 Å². The van der Waals surface area contributed by atoms with E-state index in [1.54, 1.807) is 11.3 Å². The standard InChI is InChI=1S/C13H11NS/c1-9-3-5-12(10(2)7-9)13-6-4-11(8-14)15-13/h3-7H,1-2H3. The number of benzene rings is 1. The molecule has 0 saturated heterocycles. The monoisotopic (exact) mass is 213 g/mol. The Morgan fingerprint density at radius 2 is 1.93 bits per heavy atom. The van der Waals surface area contributed by atoms with Crippen molar-refractivity contribution in [3.05, 3.63) is 46.3 Å². The molecule has 0 aliphatic rings. The van der Waals surface area contributed by atoms with Crippen molar-refractivity contribution in [3.8, 4) is 16.5 Å². The molecular formula is C13H11NS. The molecule has 0 N–H and O–H groups in total. The fourth-order valence-electron chi connectivity index (χ4n) is 1.63. The van der Waals surface area contributed by atoms with Crippen LogP contribution in [0.2, 0.25) is 0 Å². The maximum Gasteiger partial charge on any atom is 0.110 e. The van der Waals surface area contributed by atoms with Gasteiger partial charge in [0.1, 0.15) is 10.9 Å². The number of hydrogen-bond donors (Lipinski definition) is 0. The minimum absolute atomic E-state index is 0.768. The van der Waals surface area contributed by atoms with Gasteiger partial charge in [0.15, 0.2) is 0 Å². The molecule has 1 aromatic heterocycles. The van der Waals surface area contributed by atoms with Gasteiger partial charge < -0.3 is 0 Å². The maximum absolute atomic E-state index is 8.77. The molecule has 74 valence electrons. The maximum atomic E-state index is 8.77. The van der Waals surface area contributed by atoms with Gasteiger partial charge in [-0.05, 0) is 37.1 Å². The summed E-state index contributed by atoms with van der Waals surface area (Å²) in [6.07, 6.45) is 0. The minimum atomic E-state index is 0.768. The normalized spacial score (nSPS) is 9.93. The van der Waals surface area contributed by atoms with Gasteiger partial charge >= 0.3 is 0 Å². The summed E-state index contributed by atoms with van der Waals surface area (Å²) in [4.78, 5) is 1.94. The van der Waals surface area contributed by atoms with Crippen LogP contribution >= 0.6 is 11.3 Å². The summed E-state index contributed by atoms with van der Waals surface area (Å²) in [7, 11) is 0. The summed E-state index contributed by atoms with van der Waals surface area (Å²) in [5.74, 6) is 0. The zero-order valence-corrected chi connectivity index (χ0v) is 9.56. The quantitative estimate of drug-likeness (QED) is 0.704. The van der Waals surface area contributed by atoms with E-state index in [1.807, 2.05) is 12.1 Å². The summed E-state index contributed by atoms with van der Waals surface area (Å²) in [6.45, 7) is 4.19. The number of nitrogens with zero attached hydrogens (tertiary/aromatic N) is 1. The van der Waals surface area contributed by atoms with E-state index in [0.29, 0.717) is 0 Å². The van der Waals surface area contributed by atoms with Gasteiger partial charge in [-0.3, -0.25) is 0 Å². The predicted octanol–water partition coefficient (Wildman–Crippen LogP) is 3.90. The van der Waals surface area contributed by atoms with E-state index < -0.39 is 0 Å². The largest absolute Gasteiger partial charge is 0.192 e. The van der Waals surface area contributed by atoms with Crippen LogP contribution in [0.15, 0.2) is 30.3 Å². The second-order valence-electron chi connectivity index (χ2n) is 3.59. The van der Waals surface area contributed by atoms with E-state index >= 15 is 0 Å². The Balaban J connectivity index is 2.50. The molecule has 0 atom stereocenters. The molecule has 0 amide bonds. The molecule has 2 rings (SSSR count). The molecule has 2 heteroatoms. The van der Waals surface area contributed by atoms with Crippen LogP contribution in [-0.2, 0) is 0 Å². The molecular weight excluding hydrogens is 202 g/mol. The Kier molecular flexibility index (Phi) is 2.57. The minimum Gasteiger partial charge on any atom is -0.192 e. The molecule has 1 aromatic carbocycles. The molecule has 1 heterocycles. The number of thiophene rings is 1. The molecule has 0 fully saturated rings. The van der Waals surface area contributed by atoms with Crippen LogP contribution in [0.3, 0.4) is 0 Å². The molecule has 15 heavy (non-hydrogen) atoms. The summed E-state index contributed by atoms with van der Waals surface area (Å²) in [5, 5.41) is 8.77. The van der Waals surface area contributed by atoms with Crippen molar-refractivity contribution in [1.82, 2.24) is 0 Å².